The van der Waals surface area contributed by atoms with E-state index < -0.39 is 0 Å². The number of rotatable bonds is 7. The van der Waals surface area contributed by atoms with Crippen molar-refractivity contribution in [3.63, 3.8) is 0 Å². The fourth-order valence-corrected chi connectivity index (χ4v) is 2.54. The maximum Gasteiger partial charge on any atom is 0.119 e. The number of nitrogens with two attached hydrogens (primary N) is 1. The lowest BCUT2D eigenvalue weighted by Gasteiger charge is -2.20. The van der Waals surface area contributed by atoms with Gasteiger partial charge in [0.15, 0.2) is 0 Å². The lowest BCUT2D eigenvalue weighted by Crippen LogP contribution is -2.15. The van der Waals surface area contributed by atoms with Crippen LogP contribution in [0, 0.1) is 0 Å². The van der Waals surface area contributed by atoms with Crippen molar-refractivity contribution in [1.29, 1.82) is 0 Å². The molecule has 130 valence electrons. The monoisotopic (exact) mass is 327 g/mol. The Morgan fingerprint density at radius 3 is 2.04 bits per heavy atom. The molecule has 0 aromatic heterocycles. The fraction of sp³-hybridized carbons (Fsp3) is 0.429. The maximum atomic E-state index is 6.03. The van der Waals surface area contributed by atoms with Gasteiger partial charge in [-0.15, -0.1) is 0 Å². The summed E-state index contributed by atoms with van der Waals surface area (Å²) >= 11 is 0. The van der Waals surface area contributed by atoms with Gasteiger partial charge in [0, 0.05) is 13.0 Å². The van der Waals surface area contributed by atoms with Crippen LogP contribution in [0.2, 0.25) is 0 Å². The largest absolute Gasteiger partial charge is 0.492 e. The predicted molar refractivity (Wildman–Crippen MR) is 99.9 cm³/mol. The summed E-state index contributed by atoms with van der Waals surface area (Å²) in [6.07, 6.45) is 0.972. The minimum absolute atomic E-state index is 0.112. The summed E-state index contributed by atoms with van der Waals surface area (Å²) in [4.78, 5) is 0. The van der Waals surface area contributed by atoms with Gasteiger partial charge in [0.05, 0.1) is 6.10 Å². The van der Waals surface area contributed by atoms with Crippen LogP contribution in [0.1, 0.15) is 38.8 Å². The summed E-state index contributed by atoms with van der Waals surface area (Å²) in [5, 5.41) is 0. The Balaban J connectivity index is 1.89. The SMILES string of the molecule is C[C@H](Cc1ccc(OCCN)cc1)Oc1ccc(C(C)(C)C)cc1. The van der Waals surface area contributed by atoms with Crippen LogP contribution >= 0.6 is 0 Å². The Kier molecular flexibility index (Phi) is 6.27. The molecule has 0 heterocycles. The Hall–Kier alpha value is -2.00. The van der Waals surface area contributed by atoms with Crippen LogP contribution in [0.25, 0.3) is 0 Å². The van der Waals surface area contributed by atoms with Crippen molar-refractivity contribution in [3.05, 3.63) is 59.7 Å². The highest BCUT2D eigenvalue weighted by Crippen LogP contribution is 2.25. The summed E-state index contributed by atoms with van der Waals surface area (Å²) in [5.41, 5.74) is 8.15. The molecule has 0 bridgehead atoms. The van der Waals surface area contributed by atoms with E-state index in [1.807, 2.05) is 12.1 Å². The lowest BCUT2D eigenvalue weighted by atomic mass is 9.87. The molecular formula is C21H29NO2. The molecule has 0 aliphatic heterocycles. The van der Waals surface area contributed by atoms with Crippen molar-refractivity contribution in [3.8, 4) is 11.5 Å². The van der Waals surface area contributed by atoms with Crippen LogP contribution in [-0.4, -0.2) is 19.3 Å². The quantitative estimate of drug-likeness (QED) is 0.823. The van der Waals surface area contributed by atoms with E-state index in [1.165, 1.54) is 11.1 Å². The standard InChI is InChI=1S/C21H29NO2/c1-16(15-17-5-9-19(10-6-17)23-14-13-22)24-20-11-7-18(8-12-20)21(2,3)4/h5-12,16H,13-15,22H2,1-4H3/t16-/m1/s1. The van der Waals surface area contributed by atoms with Crippen LogP contribution in [0.5, 0.6) is 11.5 Å². The molecule has 0 aliphatic rings. The summed E-state index contributed by atoms with van der Waals surface area (Å²) in [6.45, 7) is 9.81. The van der Waals surface area contributed by atoms with Crippen LogP contribution in [0.3, 0.4) is 0 Å². The zero-order valence-electron chi connectivity index (χ0n) is 15.2. The molecule has 24 heavy (non-hydrogen) atoms. The first-order valence-electron chi connectivity index (χ1n) is 8.57. The molecule has 0 saturated heterocycles. The molecule has 2 rings (SSSR count). The first-order valence-corrected chi connectivity index (χ1v) is 8.57. The molecule has 0 amide bonds. The number of benzene rings is 2. The van der Waals surface area contributed by atoms with Crippen molar-refractivity contribution < 1.29 is 9.47 Å². The molecule has 2 N–H and O–H groups in total. The Labute approximate surface area is 145 Å². The van der Waals surface area contributed by atoms with Gasteiger partial charge >= 0.3 is 0 Å². The highest BCUT2D eigenvalue weighted by Gasteiger charge is 2.13. The van der Waals surface area contributed by atoms with E-state index in [-0.39, 0.29) is 11.5 Å². The minimum Gasteiger partial charge on any atom is -0.492 e. The van der Waals surface area contributed by atoms with E-state index >= 15 is 0 Å². The minimum atomic E-state index is 0.112. The first-order chi connectivity index (χ1) is 11.4. The molecule has 0 aliphatic carbocycles. The van der Waals surface area contributed by atoms with Gasteiger partial charge in [-0.3, -0.25) is 0 Å². The van der Waals surface area contributed by atoms with Gasteiger partial charge in [-0.2, -0.15) is 0 Å². The molecule has 0 spiro atoms. The van der Waals surface area contributed by atoms with Gasteiger partial charge < -0.3 is 15.2 Å². The summed E-state index contributed by atoms with van der Waals surface area (Å²) < 4.78 is 11.5. The third kappa shape index (κ3) is 5.57. The van der Waals surface area contributed by atoms with Crippen molar-refractivity contribution in [1.82, 2.24) is 0 Å². The van der Waals surface area contributed by atoms with E-state index in [1.54, 1.807) is 0 Å². The molecule has 1 atom stereocenters. The molecule has 0 radical (unpaired) electrons. The summed E-state index contributed by atoms with van der Waals surface area (Å²) in [7, 11) is 0. The van der Waals surface area contributed by atoms with Crippen LogP contribution in [0.15, 0.2) is 48.5 Å². The Morgan fingerprint density at radius 2 is 1.50 bits per heavy atom. The van der Waals surface area contributed by atoms with Crippen molar-refractivity contribution >= 4 is 0 Å². The number of ether oxygens (including phenoxy) is 2. The Bertz CT molecular complexity index is 612. The van der Waals surface area contributed by atoms with Crippen LogP contribution in [-0.2, 0) is 11.8 Å². The molecule has 3 nitrogen and oxygen atoms in total. The summed E-state index contributed by atoms with van der Waals surface area (Å²) in [6, 6.07) is 16.5. The van der Waals surface area contributed by atoms with Crippen LogP contribution < -0.4 is 15.2 Å². The van der Waals surface area contributed by atoms with E-state index in [2.05, 4.69) is 64.1 Å². The van der Waals surface area contributed by atoms with Crippen LogP contribution in [0.4, 0.5) is 0 Å². The second kappa shape index (κ2) is 8.20. The smallest absolute Gasteiger partial charge is 0.119 e. The molecule has 0 fully saturated rings. The van der Waals surface area contributed by atoms with Gasteiger partial charge in [-0.05, 0) is 47.7 Å². The first kappa shape index (κ1) is 18.3. The average molecular weight is 327 g/mol. The van der Waals surface area contributed by atoms with E-state index in [0.29, 0.717) is 13.2 Å². The molecule has 0 saturated carbocycles. The van der Waals surface area contributed by atoms with E-state index in [4.69, 9.17) is 15.2 Å². The van der Waals surface area contributed by atoms with Gasteiger partial charge in [-0.25, -0.2) is 0 Å². The van der Waals surface area contributed by atoms with Crippen molar-refractivity contribution in [2.75, 3.05) is 13.2 Å². The third-order valence-electron chi connectivity index (χ3n) is 3.89. The molecule has 3 heteroatoms. The third-order valence-corrected chi connectivity index (χ3v) is 3.89. The van der Waals surface area contributed by atoms with Gasteiger partial charge in [0.25, 0.3) is 0 Å². The predicted octanol–water partition coefficient (Wildman–Crippen LogP) is 4.33. The van der Waals surface area contributed by atoms with Gasteiger partial charge in [0.2, 0.25) is 0 Å². The number of hydrogen-bond donors (Lipinski definition) is 1. The summed E-state index contributed by atoms with van der Waals surface area (Å²) in [5.74, 6) is 1.77. The van der Waals surface area contributed by atoms with Crippen molar-refractivity contribution in [2.45, 2.75) is 45.6 Å². The van der Waals surface area contributed by atoms with Gasteiger partial charge in [-0.1, -0.05) is 45.0 Å². The average Bonchev–Trinajstić information content (AvgIpc) is 2.54. The van der Waals surface area contributed by atoms with E-state index in [0.717, 1.165) is 17.9 Å². The van der Waals surface area contributed by atoms with Gasteiger partial charge in [0.1, 0.15) is 18.1 Å². The Morgan fingerprint density at radius 1 is 0.917 bits per heavy atom. The lowest BCUT2D eigenvalue weighted by molar-refractivity contribution is 0.222. The molecule has 2 aromatic carbocycles. The highest BCUT2D eigenvalue weighted by molar-refractivity contribution is 5.32. The van der Waals surface area contributed by atoms with Crippen molar-refractivity contribution in [2.24, 2.45) is 5.73 Å². The fourth-order valence-electron chi connectivity index (χ4n) is 2.54. The second-order valence-electron chi connectivity index (χ2n) is 7.19. The second-order valence-corrected chi connectivity index (χ2v) is 7.19. The highest BCUT2D eigenvalue weighted by atomic mass is 16.5. The maximum absolute atomic E-state index is 6.03. The zero-order valence-corrected chi connectivity index (χ0v) is 15.2. The number of hydrogen-bond acceptors (Lipinski definition) is 3. The molecule has 2 aromatic rings. The van der Waals surface area contributed by atoms with E-state index in [9.17, 15) is 0 Å². The molecular weight excluding hydrogens is 298 g/mol. The zero-order chi connectivity index (χ0) is 17.6. The normalized spacial score (nSPS) is 12.7. The topological polar surface area (TPSA) is 44.5 Å². The molecule has 0 unspecified atom stereocenters.